The Morgan fingerprint density at radius 1 is 1.05 bits per heavy atom. The van der Waals surface area contributed by atoms with Crippen molar-refractivity contribution in [2.45, 2.75) is 6.04 Å². The Bertz CT molecular complexity index is 503. The molecule has 2 N–H and O–H groups in total. The monoisotopic (exact) mass is 270 g/mol. The van der Waals surface area contributed by atoms with Crippen molar-refractivity contribution in [3.8, 4) is 0 Å². The number of aliphatic carboxylic acids is 1. The summed E-state index contributed by atoms with van der Waals surface area (Å²) in [6.07, 6.45) is 0. The topological polar surface area (TPSA) is 52.6 Å². The molecule has 2 aromatic carbocycles. The number of carboxylic acid groups (broad SMARTS) is 1. The molecule has 0 aliphatic heterocycles. The molecular formula is C16H18N2O2. The SMILES string of the molecule is CNC(CN(c1ccccc1)c1ccccc1)C(=O)O. The number of anilines is 2. The van der Waals surface area contributed by atoms with Crippen LogP contribution in [0.3, 0.4) is 0 Å². The van der Waals surface area contributed by atoms with Gasteiger partial charge in [-0.1, -0.05) is 36.4 Å². The van der Waals surface area contributed by atoms with E-state index >= 15 is 0 Å². The van der Waals surface area contributed by atoms with Crippen LogP contribution in [0.25, 0.3) is 0 Å². The normalized spacial score (nSPS) is 11.8. The summed E-state index contributed by atoms with van der Waals surface area (Å²) in [6.45, 7) is 0.361. The molecule has 0 spiro atoms. The molecule has 0 aromatic heterocycles. The second-order valence-electron chi connectivity index (χ2n) is 4.46. The maximum Gasteiger partial charge on any atom is 0.322 e. The van der Waals surface area contributed by atoms with Crippen molar-refractivity contribution in [1.29, 1.82) is 0 Å². The van der Waals surface area contributed by atoms with Crippen molar-refractivity contribution in [2.75, 3.05) is 18.5 Å². The fourth-order valence-electron chi connectivity index (χ4n) is 2.05. The number of para-hydroxylation sites is 2. The number of hydrogen-bond acceptors (Lipinski definition) is 3. The summed E-state index contributed by atoms with van der Waals surface area (Å²) in [6, 6.07) is 18.9. The molecule has 0 heterocycles. The zero-order valence-corrected chi connectivity index (χ0v) is 11.4. The molecule has 104 valence electrons. The summed E-state index contributed by atoms with van der Waals surface area (Å²) in [7, 11) is 1.66. The van der Waals surface area contributed by atoms with Gasteiger partial charge in [0.05, 0.1) is 0 Å². The van der Waals surface area contributed by atoms with Gasteiger partial charge in [-0.25, -0.2) is 0 Å². The maximum absolute atomic E-state index is 11.2. The Morgan fingerprint density at radius 3 is 1.85 bits per heavy atom. The summed E-state index contributed by atoms with van der Waals surface area (Å²) in [5.74, 6) is -0.857. The number of benzene rings is 2. The van der Waals surface area contributed by atoms with Gasteiger partial charge in [-0.3, -0.25) is 4.79 Å². The Morgan fingerprint density at radius 2 is 1.50 bits per heavy atom. The van der Waals surface area contributed by atoms with Gasteiger partial charge >= 0.3 is 5.97 Å². The van der Waals surface area contributed by atoms with Gasteiger partial charge in [-0.05, 0) is 31.3 Å². The molecule has 0 bridgehead atoms. The van der Waals surface area contributed by atoms with Crippen LogP contribution in [0.1, 0.15) is 0 Å². The van der Waals surface area contributed by atoms with Crippen LogP contribution >= 0.6 is 0 Å². The predicted octanol–water partition coefficient (Wildman–Crippen LogP) is 2.50. The van der Waals surface area contributed by atoms with Crippen LogP contribution in [-0.2, 0) is 4.79 Å². The first kappa shape index (κ1) is 14.1. The van der Waals surface area contributed by atoms with Crippen LogP contribution in [0, 0.1) is 0 Å². The fraction of sp³-hybridized carbons (Fsp3) is 0.188. The van der Waals surface area contributed by atoms with Crippen molar-refractivity contribution < 1.29 is 9.90 Å². The highest BCUT2D eigenvalue weighted by Crippen LogP contribution is 2.24. The standard InChI is InChI=1S/C16H18N2O2/c1-17-15(16(19)20)12-18(13-8-4-2-5-9-13)14-10-6-3-7-11-14/h2-11,15,17H,12H2,1H3,(H,19,20). The van der Waals surface area contributed by atoms with Gasteiger partial charge in [0, 0.05) is 17.9 Å². The molecule has 4 heteroatoms. The lowest BCUT2D eigenvalue weighted by Gasteiger charge is -2.27. The van der Waals surface area contributed by atoms with Gasteiger partial charge in [0.15, 0.2) is 0 Å². The zero-order chi connectivity index (χ0) is 14.4. The smallest absolute Gasteiger partial charge is 0.322 e. The van der Waals surface area contributed by atoms with Gasteiger partial charge in [0.25, 0.3) is 0 Å². The molecule has 0 fully saturated rings. The van der Waals surface area contributed by atoms with Crippen molar-refractivity contribution in [1.82, 2.24) is 5.32 Å². The molecule has 2 rings (SSSR count). The van der Waals surface area contributed by atoms with E-state index in [-0.39, 0.29) is 0 Å². The Labute approximate surface area is 118 Å². The highest BCUT2D eigenvalue weighted by atomic mass is 16.4. The average molecular weight is 270 g/mol. The van der Waals surface area contributed by atoms with E-state index in [4.69, 9.17) is 0 Å². The highest BCUT2D eigenvalue weighted by molar-refractivity contribution is 5.76. The van der Waals surface area contributed by atoms with Gasteiger partial charge in [-0.15, -0.1) is 0 Å². The molecule has 20 heavy (non-hydrogen) atoms. The number of carbonyl (C=O) groups is 1. The summed E-state index contributed by atoms with van der Waals surface area (Å²) in [5.41, 5.74) is 1.94. The van der Waals surface area contributed by atoms with E-state index in [1.54, 1.807) is 7.05 Å². The Balaban J connectivity index is 2.32. The Kier molecular flexibility index (Phi) is 4.74. The molecule has 0 radical (unpaired) electrons. The number of nitrogens with one attached hydrogen (secondary N) is 1. The third kappa shape index (κ3) is 3.36. The molecule has 0 aliphatic carbocycles. The number of hydrogen-bond donors (Lipinski definition) is 2. The lowest BCUT2D eigenvalue weighted by molar-refractivity contribution is -0.139. The van der Waals surface area contributed by atoms with Gasteiger partial charge in [0.2, 0.25) is 0 Å². The molecule has 0 amide bonds. The minimum Gasteiger partial charge on any atom is -0.480 e. The van der Waals surface area contributed by atoms with Crippen LogP contribution in [0.4, 0.5) is 11.4 Å². The van der Waals surface area contributed by atoms with Crippen LogP contribution in [0.15, 0.2) is 60.7 Å². The van der Waals surface area contributed by atoms with E-state index in [1.807, 2.05) is 65.6 Å². The first-order valence-corrected chi connectivity index (χ1v) is 6.50. The van der Waals surface area contributed by atoms with Gasteiger partial charge < -0.3 is 15.3 Å². The third-order valence-electron chi connectivity index (χ3n) is 3.15. The molecular weight excluding hydrogens is 252 g/mol. The van der Waals surface area contributed by atoms with E-state index < -0.39 is 12.0 Å². The van der Waals surface area contributed by atoms with Crippen molar-refractivity contribution in [3.05, 3.63) is 60.7 Å². The summed E-state index contributed by atoms with van der Waals surface area (Å²) >= 11 is 0. The second-order valence-corrected chi connectivity index (χ2v) is 4.46. The molecule has 4 nitrogen and oxygen atoms in total. The molecule has 0 saturated carbocycles. The van der Waals surface area contributed by atoms with Crippen LogP contribution in [0.5, 0.6) is 0 Å². The van der Waals surface area contributed by atoms with E-state index in [1.165, 1.54) is 0 Å². The summed E-state index contributed by atoms with van der Waals surface area (Å²) in [5, 5.41) is 12.1. The van der Waals surface area contributed by atoms with Gasteiger partial charge in [0.1, 0.15) is 6.04 Å². The quantitative estimate of drug-likeness (QED) is 0.847. The second kappa shape index (κ2) is 6.73. The maximum atomic E-state index is 11.2. The van der Waals surface area contributed by atoms with E-state index in [0.29, 0.717) is 6.54 Å². The number of nitrogens with zero attached hydrogens (tertiary/aromatic N) is 1. The number of rotatable bonds is 6. The van der Waals surface area contributed by atoms with E-state index in [0.717, 1.165) is 11.4 Å². The molecule has 2 aromatic rings. The van der Waals surface area contributed by atoms with Crippen LogP contribution in [-0.4, -0.2) is 30.7 Å². The van der Waals surface area contributed by atoms with Crippen molar-refractivity contribution >= 4 is 17.3 Å². The van der Waals surface area contributed by atoms with Crippen molar-refractivity contribution in [3.63, 3.8) is 0 Å². The first-order chi connectivity index (χ1) is 9.72. The first-order valence-electron chi connectivity index (χ1n) is 6.50. The lowest BCUT2D eigenvalue weighted by atomic mass is 10.2. The third-order valence-corrected chi connectivity index (χ3v) is 3.15. The molecule has 0 saturated heterocycles. The molecule has 1 atom stereocenters. The summed E-state index contributed by atoms with van der Waals surface area (Å²) in [4.78, 5) is 13.2. The predicted molar refractivity (Wildman–Crippen MR) is 80.4 cm³/mol. The Hall–Kier alpha value is -2.33. The minimum absolute atomic E-state index is 0.361. The van der Waals surface area contributed by atoms with Gasteiger partial charge in [-0.2, -0.15) is 0 Å². The average Bonchev–Trinajstić information content (AvgIpc) is 2.50. The molecule has 0 aliphatic rings. The van der Waals surface area contributed by atoms with Crippen LogP contribution in [0.2, 0.25) is 0 Å². The highest BCUT2D eigenvalue weighted by Gasteiger charge is 2.20. The number of likely N-dealkylation sites (N-methyl/N-ethyl adjacent to an activating group) is 1. The van der Waals surface area contributed by atoms with Crippen molar-refractivity contribution in [2.24, 2.45) is 0 Å². The molecule has 1 unspecified atom stereocenters. The lowest BCUT2D eigenvalue weighted by Crippen LogP contribution is -2.43. The number of carboxylic acids is 1. The zero-order valence-electron chi connectivity index (χ0n) is 11.4. The van der Waals surface area contributed by atoms with E-state index in [2.05, 4.69) is 5.32 Å². The fourth-order valence-corrected chi connectivity index (χ4v) is 2.05. The largest absolute Gasteiger partial charge is 0.480 e. The van der Waals surface area contributed by atoms with Crippen LogP contribution < -0.4 is 10.2 Å². The van der Waals surface area contributed by atoms with E-state index in [9.17, 15) is 9.90 Å². The minimum atomic E-state index is -0.857. The summed E-state index contributed by atoms with van der Waals surface area (Å²) < 4.78 is 0.